The minimum absolute atomic E-state index is 0.0802. The third kappa shape index (κ3) is 5.16. The molecule has 0 saturated heterocycles. The molecule has 0 unspecified atom stereocenters. The highest BCUT2D eigenvalue weighted by molar-refractivity contribution is 5.93. The van der Waals surface area contributed by atoms with Crippen LogP contribution in [0.5, 0.6) is 11.5 Å². The van der Waals surface area contributed by atoms with Gasteiger partial charge in [0.2, 0.25) is 5.91 Å². The standard InChI is InChI=1S/C21H18FNO3/c22-17-9-6-10-18(13-17)26-20-12-5-4-11-19(20)23-21(24)15-25-14-16-7-2-1-3-8-16/h1-13H,14-15H2,(H,23,24). The number of carbonyl (C=O) groups is 1. The van der Waals surface area contributed by atoms with Crippen molar-refractivity contribution in [3.05, 3.63) is 90.2 Å². The van der Waals surface area contributed by atoms with Gasteiger partial charge in [-0.15, -0.1) is 0 Å². The van der Waals surface area contributed by atoms with Gasteiger partial charge in [0, 0.05) is 6.07 Å². The van der Waals surface area contributed by atoms with Crippen LogP contribution in [0.15, 0.2) is 78.9 Å². The summed E-state index contributed by atoms with van der Waals surface area (Å²) in [7, 11) is 0. The predicted octanol–water partition coefficient (Wildman–Crippen LogP) is 4.77. The lowest BCUT2D eigenvalue weighted by Crippen LogP contribution is -2.18. The van der Waals surface area contributed by atoms with E-state index in [1.165, 1.54) is 12.1 Å². The molecule has 0 aliphatic rings. The number of hydrogen-bond donors (Lipinski definition) is 1. The number of carbonyl (C=O) groups excluding carboxylic acids is 1. The highest BCUT2D eigenvalue weighted by Crippen LogP contribution is 2.29. The summed E-state index contributed by atoms with van der Waals surface area (Å²) in [5.74, 6) is 0.0936. The Kier molecular flexibility index (Phi) is 5.96. The average Bonchev–Trinajstić information content (AvgIpc) is 2.64. The van der Waals surface area contributed by atoms with E-state index in [9.17, 15) is 9.18 Å². The normalized spacial score (nSPS) is 10.3. The van der Waals surface area contributed by atoms with Crippen molar-refractivity contribution < 1.29 is 18.7 Å². The van der Waals surface area contributed by atoms with Crippen molar-refractivity contribution in [3.63, 3.8) is 0 Å². The number of benzene rings is 3. The van der Waals surface area contributed by atoms with Crippen molar-refractivity contribution in [1.29, 1.82) is 0 Å². The van der Waals surface area contributed by atoms with Gasteiger partial charge < -0.3 is 14.8 Å². The number of ether oxygens (including phenoxy) is 2. The third-order valence-corrected chi connectivity index (χ3v) is 3.53. The highest BCUT2D eigenvalue weighted by atomic mass is 19.1. The van der Waals surface area contributed by atoms with Crippen LogP contribution in [0.3, 0.4) is 0 Å². The van der Waals surface area contributed by atoms with E-state index in [4.69, 9.17) is 9.47 Å². The number of para-hydroxylation sites is 2. The van der Waals surface area contributed by atoms with Crippen LogP contribution >= 0.6 is 0 Å². The van der Waals surface area contributed by atoms with Crippen molar-refractivity contribution in [2.24, 2.45) is 0 Å². The van der Waals surface area contributed by atoms with E-state index >= 15 is 0 Å². The summed E-state index contributed by atoms with van der Waals surface area (Å²) in [6.07, 6.45) is 0. The van der Waals surface area contributed by atoms with Crippen LogP contribution in [-0.2, 0) is 16.1 Å². The fraction of sp³-hybridized carbons (Fsp3) is 0.0952. The van der Waals surface area contributed by atoms with Crippen molar-refractivity contribution in [1.82, 2.24) is 0 Å². The van der Waals surface area contributed by atoms with Crippen molar-refractivity contribution in [3.8, 4) is 11.5 Å². The molecule has 3 rings (SSSR count). The van der Waals surface area contributed by atoms with E-state index in [1.807, 2.05) is 30.3 Å². The summed E-state index contributed by atoms with van der Waals surface area (Å²) >= 11 is 0. The van der Waals surface area contributed by atoms with Gasteiger partial charge in [-0.25, -0.2) is 4.39 Å². The molecule has 26 heavy (non-hydrogen) atoms. The number of anilines is 1. The van der Waals surface area contributed by atoms with Crippen LogP contribution < -0.4 is 10.1 Å². The molecule has 132 valence electrons. The first-order chi connectivity index (χ1) is 12.7. The molecule has 0 aliphatic carbocycles. The first kappa shape index (κ1) is 17.6. The predicted molar refractivity (Wildman–Crippen MR) is 97.6 cm³/mol. The third-order valence-electron chi connectivity index (χ3n) is 3.53. The lowest BCUT2D eigenvalue weighted by atomic mass is 10.2. The zero-order valence-electron chi connectivity index (χ0n) is 14.0. The Morgan fingerprint density at radius 1 is 0.923 bits per heavy atom. The molecule has 3 aromatic carbocycles. The Hall–Kier alpha value is -3.18. The molecule has 0 spiro atoms. The average molecular weight is 351 g/mol. The summed E-state index contributed by atoms with van der Waals surface area (Å²) < 4.78 is 24.4. The lowest BCUT2D eigenvalue weighted by molar-refractivity contribution is -0.121. The van der Waals surface area contributed by atoms with Crippen LogP contribution in [0.25, 0.3) is 0 Å². The largest absolute Gasteiger partial charge is 0.455 e. The van der Waals surface area contributed by atoms with Gasteiger partial charge in [-0.1, -0.05) is 48.5 Å². The SMILES string of the molecule is O=C(COCc1ccccc1)Nc1ccccc1Oc1cccc(F)c1. The van der Waals surface area contributed by atoms with Gasteiger partial charge in [0.1, 0.15) is 18.2 Å². The quantitative estimate of drug-likeness (QED) is 0.667. The Bertz CT molecular complexity index is 868. The van der Waals surface area contributed by atoms with Crippen LogP contribution in [0.1, 0.15) is 5.56 Å². The maximum Gasteiger partial charge on any atom is 0.250 e. The Labute approximate surface area is 151 Å². The summed E-state index contributed by atoms with van der Waals surface area (Å²) in [6.45, 7) is 0.277. The van der Waals surface area contributed by atoms with E-state index < -0.39 is 5.82 Å². The second kappa shape index (κ2) is 8.78. The van der Waals surface area contributed by atoms with Gasteiger partial charge in [-0.05, 0) is 29.8 Å². The van der Waals surface area contributed by atoms with Gasteiger partial charge >= 0.3 is 0 Å². The molecule has 4 nitrogen and oxygen atoms in total. The summed E-state index contributed by atoms with van der Waals surface area (Å²) in [5, 5.41) is 2.75. The number of halogens is 1. The molecule has 0 fully saturated rings. The minimum Gasteiger partial charge on any atom is -0.455 e. The fourth-order valence-electron chi connectivity index (χ4n) is 2.34. The second-order valence-corrected chi connectivity index (χ2v) is 5.58. The number of hydrogen-bond acceptors (Lipinski definition) is 3. The van der Waals surface area contributed by atoms with Crippen LogP contribution in [-0.4, -0.2) is 12.5 Å². The van der Waals surface area contributed by atoms with E-state index in [0.717, 1.165) is 5.56 Å². The summed E-state index contributed by atoms with van der Waals surface area (Å²) in [4.78, 5) is 12.1. The molecule has 5 heteroatoms. The van der Waals surface area contributed by atoms with E-state index in [2.05, 4.69) is 5.32 Å². The molecule has 0 bridgehead atoms. The van der Waals surface area contributed by atoms with Gasteiger partial charge in [0.05, 0.1) is 12.3 Å². The topological polar surface area (TPSA) is 47.6 Å². The van der Waals surface area contributed by atoms with Crippen LogP contribution in [0.2, 0.25) is 0 Å². The smallest absolute Gasteiger partial charge is 0.250 e. The highest BCUT2D eigenvalue weighted by Gasteiger charge is 2.09. The Balaban J connectivity index is 1.58. The molecule has 0 aromatic heterocycles. The molecular weight excluding hydrogens is 333 g/mol. The molecule has 0 aliphatic heterocycles. The number of nitrogens with one attached hydrogen (secondary N) is 1. The van der Waals surface area contributed by atoms with Crippen molar-refractivity contribution in [2.75, 3.05) is 11.9 Å². The second-order valence-electron chi connectivity index (χ2n) is 5.58. The molecule has 0 radical (unpaired) electrons. The van der Waals surface area contributed by atoms with E-state index in [1.54, 1.807) is 36.4 Å². The molecule has 1 amide bonds. The maximum absolute atomic E-state index is 13.3. The first-order valence-corrected chi connectivity index (χ1v) is 8.15. The molecule has 0 saturated carbocycles. The van der Waals surface area contributed by atoms with Crippen molar-refractivity contribution in [2.45, 2.75) is 6.61 Å². The lowest BCUT2D eigenvalue weighted by Gasteiger charge is -2.12. The number of amides is 1. The molecule has 0 heterocycles. The van der Waals surface area contributed by atoms with Crippen LogP contribution in [0.4, 0.5) is 10.1 Å². The zero-order valence-corrected chi connectivity index (χ0v) is 14.0. The Morgan fingerprint density at radius 3 is 2.50 bits per heavy atom. The summed E-state index contributed by atoms with van der Waals surface area (Å²) in [6, 6.07) is 22.4. The monoisotopic (exact) mass is 351 g/mol. The minimum atomic E-state index is -0.390. The van der Waals surface area contributed by atoms with Crippen LogP contribution in [0, 0.1) is 5.82 Å². The fourth-order valence-corrected chi connectivity index (χ4v) is 2.34. The zero-order chi connectivity index (χ0) is 18.2. The molecule has 1 N–H and O–H groups in total. The molecular formula is C21H18FNO3. The van der Waals surface area contributed by atoms with Gasteiger partial charge in [-0.3, -0.25) is 4.79 Å². The summed E-state index contributed by atoms with van der Waals surface area (Å²) in [5.41, 5.74) is 1.49. The van der Waals surface area contributed by atoms with E-state index in [-0.39, 0.29) is 12.5 Å². The van der Waals surface area contributed by atoms with E-state index in [0.29, 0.717) is 23.8 Å². The van der Waals surface area contributed by atoms with Gasteiger partial charge in [0.25, 0.3) is 0 Å². The van der Waals surface area contributed by atoms with Crippen molar-refractivity contribution >= 4 is 11.6 Å². The Morgan fingerprint density at radius 2 is 1.69 bits per heavy atom. The number of rotatable bonds is 7. The maximum atomic E-state index is 13.3. The van der Waals surface area contributed by atoms with Gasteiger partial charge in [-0.2, -0.15) is 0 Å². The molecule has 3 aromatic rings. The molecule has 0 atom stereocenters. The van der Waals surface area contributed by atoms with Gasteiger partial charge in [0.15, 0.2) is 5.75 Å². The first-order valence-electron chi connectivity index (χ1n) is 8.15.